The highest BCUT2D eigenvalue weighted by molar-refractivity contribution is 6.46. The molecule has 1 saturated heterocycles. The number of amides is 2. The van der Waals surface area contributed by atoms with Gasteiger partial charge in [-0.25, -0.2) is 9.69 Å². The second-order valence-corrected chi connectivity index (χ2v) is 5.56. The van der Waals surface area contributed by atoms with Crippen LogP contribution in [0.15, 0.2) is 34.7 Å². The lowest BCUT2D eigenvalue weighted by Gasteiger charge is -2.17. The number of ether oxygens (including phenoxy) is 1. The lowest BCUT2D eigenvalue weighted by Crippen LogP contribution is -2.36. The predicted molar refractivity (Wildman–Crippen MR) is 87.3 cm³/mol. The molecule has 3 rings (SSSR count). The van der Waals surface area contributed by atoms with Crippen LogP contribution in [0.3, 0.4) is 0 Å². The Morgan fingerprint density at radius 2 is 1.88 bits per heavy atom. The van der Waals surface area contributed by atoms with Crippen molar-refractivity contribution < 1.29 is 19.1 Å². The summed E-state index contributed by atoms with van der Waals surface area (Å²) < 4.78 is 4.86. The molecule has 9 nitrogen and oxygen atoms in total. The third-order valence-corrected chi connectivity index (χ3v) is 4.20. The van der Waals surface area contributed by atoms with Crippen molar-refractivity contribution in [3.05, 3.63) is 34.7 Å². The first kappa shape index (κ1) is 16.7. The highest BCUT2D eigenvalue weighted by Gasteiger charge is 2.59. The molecule has 2 heterocycles. The van der Waals surface area contributed by atoms with E-state index in [-0.39, 0.29) is 12.3 Å². The zero-order chi connectivity index (χ0) is 18.1. The molecule has 0 N–H and O–H groups in total. The van der Waals surface area contributed by atoms with Gasteiger partial charge in [-0.1, -0.05) is 19.1 Å². The molecule has 0 unspecified atom stereocenters. The summed E-state index contributed by atoms with van der Waals surface area (Å²) in [5.74, 6) is -3.32. The van der Waals surface area contributed by atoms with Crippen molar-refractivity contribution in [1.29, 1.82) is 0 Å². The fraction of sp³-hybridized carbons (Fsp3) is 0.375. The molecular formula is C16H16N4O5. The van der Waals surface area contributed by atoms with E-state index in [1.54, 1.807) is 31.2 Å². The van der Waals surface area contributed by atoms with Crippen LogP contribution in [0.2, 0.25) is 0 Å². The van der Waals surface area contributed by atoms with Crippen molar-refractivity contribution in [2.24, 2.45) is 16.3 Å². The molecule has 0 aliphatic carbocycles. The molecule has 0 saturated carbocycles. The average molecular weight is 344 g/mol. The number of nitrogens with zero attached hydrogens (tertiary/aromatic N) is 4. The van der Waals surface area contributed by atoms with Gasteiger partial charge < -0.3 is 4.74 Å². The van der Waals surface area contributed by atoms with E-state index in [0.29, 0.717) is 10.8 Å². The average Bonchev–Trinajstić information content (AvgIpc) is 3.12. The van der Waals surface area contributed by atoms with Crippen LogP contribution in [0.4, 0.5) is 5.69 Å². The number of rotatable bonds is 5. The summed E-state index contributed by atoms with van der Waals surface area (Å²) >= 11 is 0. The van der Waals surface area contributed by atoms with E-state index >= 15 is 0 Å². The predicted octanol–water partition coefficient (Wildman–Crippen LogP) is 1.02. The summed E-state index contributed by atoms with van der Waals surface area (Å²) in [7, 11) is 0. The maximum Gasteiger partial charge on any atom is 0.355 e. The molecule has 130 valence electrons. The standard InChI is InChI=1S/C16H16N4O5/c1-3-9-5-7-10(8-6-9)19-14(21)11-12(16(23)25-4-2)17-20(18-24)13(11)15(19)22/h5-8,11,13H,3-4H2,1-2H3/t11-,13+/m0/s1. The van der Waals surface area contributed by atoms with Crippen LogP contribution in [0.25, 0.3) is 0 Å². The van der Waals surface area contributed by atoms with Gasteiger partial charge in [0.2, 0.25) is 5.91 Å². The molecular weight excluding hydrogens is 328 g/mol. The molecule has 0 radical (unpaired) electrons. The van der Waals surface area contributed by atoms with Gasteiger partial charge in [0.05, 0.1) is 17.6 Å². The Hall–Kier alpha value is -3.10. The minimum Gasteiger partial charge on any atom is -0.461 e. The monoisotopic (exact) mass is 344 g/mol. The molecule has 25 heavy (non-hydrogen) atoms. The Morgan fingerprint density at radius 3 is 2.44 bits per heavy atom. The first-order chi connectivity index (χ1) is 12.0. The second kappa shape index (κ2) is 6.42. The third-order valence-electron chi connectivity index (χ3n) is 4.20. The van der Waals surface area contributed by atoms with Crippen molar-refractivity contribution in [3.63, 3.8) is 0 Å². The number of esters is 1. The maximum atomic E-state index is 12.8. The van der Waals surface area contributed by atoms with Gasteiger partial charge in [0.25, 0.3) is 5.91 Å². The lowest BCUT2D eigenvalue weighted by atomic mass is 9.98. The third kappa shape index (κ3) is 2.57. The van der Waals surface area contributed by atoms with E-state index in [0.717, 1.165) is 16.9 Å². The van der Waals surface area contributed by atoms with Crippen LogP contribution in [0.5, 0.6) is 0 Å². The molecule has 1 fully saturated rings. The maximum absolute atomic E-state index is 12.8. The van der Waals surface area contributed by atoms with Gasteiger partial charge in [0, 0.05) is 0 Å². The van der Waals surface area contributed by atoms with Gasteiger partial charge in [0.1, 0.15) is 5.92 Å². The summed E-state index contributed by atoms with van der Waals surface area (Å²) in [4.78, 5) is 49.4. The molecule has 2 atom stereocenters. The van der Waals surface area contributed by atoms with Crippen molar-refractivity contribution >= 4 is 29.2 Å². The first-order valence-corrected chi connectivity index (χ1v) is 7.88. The summed E-state index contributed by atoms with van der Waals surface area (Å²) in [6, 6.07) is 5.65. The molecule has 1 aromatic rings. The van der Waals surface area contributed by atoms with Crippen LogP contribution in [-0.2, 0) is 25.5 Å². The van der Waals surface area contributed by atoms with Crippen LogP contribution in [0, 0.1) is 10.8 Å². The highest BCUT2D eigenvalue weighted by Crippen LogP contribution is 2.35. The smallest absolute Gasteiger partial charge is 0.355 e. The number of fused-ring (bicyclic) bond motifs is 1. The van der Waals surface area contributed by atoms with Crippen LogP contribution >= 0.6 is 0 Å². The van der Waals surface area contributed by atoms with E-state index < -0.39 is 29.7 Å². The van der Waals surface area contributed by atoms with E-state index in [4.69, 9.17) is 4.74 Å². The van der Waals surface area contributed by atoms with Crippen molar-refractivity contribution in [1.82, 2.24) is 5.12 Å². The molecule has 2 aliphatic rings. The summed E-state index contributed by atoms with van der Waals surface area (Å²) in [5, 5.41) is 6.91. The van der Waals surface area contributed by atoms with Crippen LogP contribution in [-0.4, -0.2) is 41.3 Å². The zero-order valence-electron chi connectivity index (χ0n) is 13.7. The molecule has 2 amide bonds. The zero-order valence-corrected chi connectivity index (χ0v) is 13.7. The summed E-state index contributed by atoms with van der Waals surface area (Å²) in [5.41, 5.74) is 1.14. The number of anilines is 1. The molecule has 0 spiro atoms. The molecule has 0 aromatic heterocycles. The van der Waals surface area contributed by atoms with Gasteiger partial charge in [-0.15, -0.1) is 15.1 Å². The molecule has 2 aliphatic heterocycles. The first-order valence-electron chi connectivity index (χ1n) is 7.88. The van der Waals surface area contributed by atoms with Gasteiger partial charge in [-0.3, -0.25) is 9.59 Å². The molecule has 1 aromatic carbocycles. The van der Waals surface area contributed by atoms with Gasteiger partial charge in [0.15, 0.2) is 11.8 Å². The number of hydrazone groups is 1. The number of imide groups is 1. The Kier molecular flexibility index (Phi) is 4.30. The summed E-state index contributed by atoms with van der Waals surface area (Å²) in [6.45, 7) is 3.67. The van der Waals surface area contributed by atoms with Crippen molar-refractivity contribution in [2.45, 2.75) is 26.3 Å². The van der Waals surface area contributed by atoms with Gasteiger partial charge in [-0.05, 0) is 31.0 Å². The van der Waals surface area contributed by atoms with Gasteiger partial charge >= 0.3 is 5.97 Å². The SMILES string of the molecule is CCOC(=O)C1=NN(N=O)[C@H]2C(=O)N(c3ccc(CC)cc3)C(=O)[C@@H]12. The fourth-order valence-corrected chi connectivity index (χ4v) is 2.97. The number of carbonyl (C=O) groups is 3. The Morgan fingerprint density at radius 1 is 1.20 bits per heavy atom. The van der Waals surface area contributed by atoms with Gasteiger partial charge in [-0.2, -0.15) is 0 Å². The number of hydrogen-bond acceptors (Lipinski definition) is 7. The minimum atomic E-state index is -1.25. The van der Waals surface area contributed by atoms with Crippen LogP contribution < -0.4 is 4.90 Å². The quantitative estimate of drug-likeness (QED) is 0.448. The Labute approximate surface area is 143 Å². The fourth-order valence-electron chi connectivity index (χ4n) is 2.97. The Bertz CT molecular complexity index is 773. The van der Waals surface area contributed by atoms with Crippen molar-refractivity contribution in [2.75, 3.05) is 11.5 Å². The topological polar surface area (TPSA) is 109 Å². The van der Waals surface area contributed by atoms with E-state index in [1.165, 1.54) is 0 Å². The normalized spacial score (nSPS) is 22.1. The summed E-state index contributed by atoms with van der Waals surface area (Å²) in [6.07, 6.45) is 0.815. The molecule has 9 heteroatoms. The number of aryl methyl sites for hydroxylation is 1. The van der Waals surface area contributed by atoms with Crippen LogP contribution in [0.1, 0.15) is 19.4 Å². The number of nitroso groups, excluding NO2 is 1. The van der Waals surface area contributed by atoms with Crippen molar-refractivity contribution in [3.8, 4) is 0 Å². The number of benzene rings is 1. The second-order valence-electron chi connectivity index (χ2n) is 5.56. The van der Waals surface area contributed by atoms with E-state index in [9.17, 15) is 19.3 Å². The van der Waals surface area contributed by atoms with E-state index in [1.807, 2.05) is 6.92 Å². The highest BCUT2D eigenvalue weighted by atomic mass is 16.5. The molecule has 0 bridgehead atoms. The number of carbonyl (C=O) groups excluding carboxylic acids is 3. The Balaban J connectivity index is 1.97. The number of hydrogen-bond donors (Lipinski definition) is 0. The minimum absolute atomic E-state index is 0.0775. The van der Waals surface area contributed by atoms with E-state index in [2.05, 4.69) is 10.4 Å². The largest absolute Gasteiger partial charge is 0.461 e. The lowest BCUT2D eigenvalue weighted by molar-refractivity contribution is -0.136.